The summed E-state index contributed by atoms with van der Waals surface area (Å²) in [5.74, 6) is 0.464. The standard InChI is InChI=1S/C23H22ClN3O3/c1-2-29-21-14-17(15-25-27-19-11-7-4-8-12-19)13-20(24)23(21)30-16-22(28)26-18-9-5-3-6-10-18/h3-15,27H,2,16H2,1H3,(H,26,28). The van der Waals surface area contributed by atoms with Crippen LogP contribution in [0.3, 0.4) is 0 Å². The van der Waals surface area contributed by atoms with Crippen LogP contribution in [0.5, 0.6) is 11.5 Å². The van der Waals surface area contributed by atoms with Gasteiger partial charge >= 0.3 is 0 Å². The molecule has 0 atom stereocenters. The van der Waals surface area contributed by atoms with Gasteiger partial charge in [-0.15, -0.1) is 0 Å². The maximum Gasteiger partial charge on any atom is 0.262 e. The fourth-order valence-electron chi connectivity index (χ4n) is 2.62. The number of hydrazone groups is 1. The molecule has 0 radical (unpaired) electrons. The fraction of sp³-hybridized carbons (Fsp3) is 0.130. The van der Waals surface area contributed by atoms with Crippen LogP contribution in [0.2, 0.25) is 5.02 Å². The SMILES string of the molecule is CCOc1cc(C=NNc2ccccc2)cc(Cl)c1OCC(=O)Nc1ccccc1. The lowest BCUT2D eigenvalue weighted by Gasteiger charge is -2.14. The second-order valence-corrected chi connectivity index (χ2v) is 6.61. The average Bonchev–Trinajstić information content (AvgIpc) is 2.75. The lowest BCUT2D eigenvalue weighted by Crippen LogP contribution is -2.20. The molecule has 0 saturated carbocycles. The summed E-state index contributed by atoms with van der Waals surface area (Å²) in [6, 6.07) is 22.2. The third-order valence-corrected chi connectivity index (χ3v) is 4.20. The molecule has 0 aliphatic rings. The number of amides is 1. The highest BCUT2D eigenvalue weighted by Crippen LogP contribution is 2.36. The van der Waals surface area contributed by atoms with Gasteiger partial charge in [-0.05, 0) is 48.9 Å². The molecule has 0 unspecified atom stereocenters. The summed E-state index contributed by atoms with van der Waals surface area (Å²) in [5.41, 5.74) is 5.24. The Morgan fingerprint density at radius 1 is 1.00 bits per heavy atom. The zero-order valence-corrected chi connectivity index (χ0v) is 17.2. The van der Waals surface area contributed by atoms with E-state index in [0.717, 1.165) is 11.3 Å². The smallest absolute Gasteiger partial charge is 0.262 e. The molecule has 3 aromatic rings. The van der Waals surface area contributed by atoms with E-state index in [4.69, 9.17) is 21.1 Å². The van der Waals surface area contributed by atoms with Gasteiger partial charge in [-0.3, -0.25) is 10.2 Å². The molecule has 1 amide bonds. The fourth-order valence-corrected chi connectivity index (χ4v) is 2.89. The minimum absolute atomic E-state index is 0.197. The van der Waals surface area contributed by atoms with Gasteiger partial charge in [0.2, 0.25) is 0 Å². The highest BCUT2D eigenvalue weighted by atomic mass is 35.5. The van der Waals surface area contributed by atoms with Gasteiger partial charge in [-0.2, -0.15) is 5.10 Å². The van der Waals surface area contributed by atoms with Crippen molar-refractivity contribution >= 4 is 35.1 Å². The van der Waals surface area contributed by atoms with Gasteiger partial charge < -0.3 is 14.8 Å². The van der Waals surface area contributed by atoms with Crippen molar-refractivity contribution in [3.8, 4) is 11.5 Å². The van der Waals surface area contributed by atoms with Crippen LogP contribution in [0.25, 0.3) is 0 Å². The van der Waals surface area contributed by atoms with E-state index < -0.39 is 0 Å². The minimum Gasteiger partial charge on any atom is -0.490 e. The summed E-state index contributed by atoms with van der Waals surface area (Å²) in [7, 11) is 0. The minimum atomic E-state index is -0.294. The number of nitrogens with zero attached hydrogens (tertiary/aromatic N) is 1. The predicted octanol–water partition coefficient (Wildman–Crippen LogP) is 5.20. The number of hydrogen-bond acceptors (Lipinski definition) is 5. The van der Waals surface area contributed by atoms with Crippen LogP contribution in [-0.2, 0) is 4.79 Å². The first-order valence-corrected chi connectivity index (χ1v) is 9.81. The van der Waals surface area contributed by atoms with E-state index in [1.54, 1.807) is 30.5 Å². The first-order chi connectivity index (χ1) is 14.7. The molecule has 154 valence electrons. The van der Waals surface area contributed by atoms with Crippen LogP contribution < -0.4 is 20.2 Å². The van der Waals surface area contributed by atoms with Gasteiger partial charge in [0.1, 0.15) is 0 Å². The molecule has 6 nitrogen and oxygen atoms in total. The van der Waals surface area contributed by atoms with E-state index in [1.165, 1.54) is 0 Å². The van der Waals surface area contributed by atoms with E-state index in [2.05, 4.69) is 15.8 Å². The zero-order chi connectivity index (χ0) is 21.2. The molecule has 30 heavy (non-hydrogen) atoms. The van der Waals surface area contributed by atoms with Gasteiger partial charge in [-0.1, -0.05) is 48.0 Å². The molecule has 0 spiro atoms. The van der Waals surface area contributed by atoms with Crippen molar-refractivity contribution in [2.24, 2.45) is 5.10 Å². The third kappa shape index (κ3) is 6.25. The molecule has 0 heterocycles. The maximum atomic E-state index is 12.2. The summed E-state index contributed by atoms with van der Waals surface area (Å²) in [6.07, 6.45) is 1.63. The molecule has 0 saturated heterocycles. The highest BCUT2D eigenvalue weighted by molar-refractivity contribution is 6.32. The number of carbonyl (C=O) groups is 1. The normalized spacial score (nSPS) is 10.6. The number of rotatable bonds is 9. The van der Waals surface area contributed by atoms with Gasteiger partial charge in [0.25, 0.3) is 5.91 Å². The first kappa shape index (κ1) is 21.2. The van der Waals surface area contributed by atoms with E-state index in [-0.39, 0.29) is 12.5 Å². The first-order valence-electron chi connectivity index (χ1n) is 9.44. The number of nitrogens with one attached hydrogen (secondary N) is 2. The number of anilines is 2. The van der Waals surface area contributed by atoms with E-state index in [1.807, 2.05) is 55.5 Å². The topological polar surface area (TPSA) is 71.9 Å². The molecule has 3 rings (SSSR count). The Balaban J connectivity index is 1.67. The average molecular weight is 424 g/mol. The Bertz CT molecular complexity index is 995. The van der Waals surface area contributed by atoms with Gasteiger partial charge in [0.15, 0.2) is 18.1 Å². The molecular formula is C23H22ClN3O3. The Morgan fingerprint density at radius 2 is 1.67 bits per heavy atom. The van der Waals surface area contributed by atoms with Crippen molar-refractivity contribution in [3.05, 3.63) is 83.4 Å². The molecule has 2 N–H and O–H groups in total. The van der Waals surface area contributed by atoms with E-state index >= 15 is 0 Å². The van der Waals surface area contributed by atoms with Crippen molar-refractivity contribution in [1.82, 2.24) is 0 Å². The van der Waals surface area contributed by atoms with E-state index in [9.17, 15) is 4.79 Å². The summed E-state index contributed by atoms with van der Waals surface area (Å²) in [6.45, 7) is 2.08. The number of hydrogen-bond donors (Lipinski definition) is 2. The lowest BCUT2D eigenvalue weighted by molar-refractivity contribution is -0.118. The second-order valence-electron chi connectivity index (χ2n) is 6.20. The molecule has 0 fully saturated rings. The van der Waals surface area contributed by atoms with Crippen molar-refractivity contribution in [1.29, 1.82) is 0 Å². The van der Waals surface area contributed by atoms with Crippen LogP contribution in [0.15, 0.2) is 77.9 Å². The summed E-state index contributed by atoms with van der Waals surface area (Å²) in [5, 5.41) is 7.30. The number of para-hydroxylation sites is 2. The molecule has 0 bridgehead atoms. The van der Waals surface area contributed by atoms with Gasteiger partial charge in [0.05, 0.1) is 23.5 Å². The van der Waals surface area contributed by atoms with Crippen LogP contribution in [0, 0.1) is 0 Å². The van der Waals surface area contributed by atoms with Crippen molar-refractivity contribution in [2.45, 2.75) is 6.92 Å². The molecular weight excluding hydrogens is 402 g/mol. The van der Waals surface area contributed by atoms with Crippen LogP contribution in [0.4, 0.5) is 11.4 Å². The predicted molar refractivity (Wildman–Crippen MR) is 121 cm³/mol. The molecule has 7 heteroatoms. The van der Waals surface area contributed by atoms with Crippen molar-refractivity contribution in [3.63, 3.8) is 0 Å². The third-order valence-electron chi connectivity index (χ3n) is 3.92. The van der Waals surface area contributed by atoms with Crippen LogP contribution >= 0.6 is 11.6 Å². The van der Waals surface area contributed by atoms with Crippen LogP contribution in [-0.4, -0.2) is 25.3 Å². The zero-order valence-electron chi connectivity index (χ0n) is 16.5. The number of ether oxygens (including phenoxy) is 2. The summed E-state index contributed by atoms with van der Waals surface area (Å²) >= 11 is 6.39. The van der Waals surface area contributed by atoms with Crippen molar-refractivity contribution in [2.75, 3.05) is 24.0 Å². The Hall–Kier alpha value is -3.51. The largest absolute Gasteiger partial charge is 0.490 e. The van der Waals surface area contributed by atoms with Crippen molar-refractivity contribution < 1.29 is 14.3 Å². The van der Waals surface area contributed by atoms with Crippen LogP contribution in [0.1, 0.15) is 12.5 Å². The lowest BCUT2D eigenvalue weighted by atomic mass is 10.2. The van der Waals surface area contributed by atoms with Gasteiger partial charge in [0, 0.05) is 5.69 Å². The number of benzene rings is 3. The molecule has 3 aromatic carbocycles. The molecule has 0 aromatic heterocycles. The Kier molecular flexibility index (Phi) is 7.69. The quantitative estimate of drug-likeness (QED) is 0.366. The van der Waals surface area contributed by atoms with E-state index in [0.29, 0.717) is 28.8 Å². The van der Waals surface area contributed by atoms with Gasteiger partial charge in [-0.25, -0.2) is 0 Å². The molecule has 0 aliphatic carbocycles. The Morgan fingerprint density at radius 3 is 2.33 bits per heavy atom. The Labute approximate surface area is 180 Å². The number of carbonyl (C=O) groups excluding carboxylic acids is 1. The highest BCUT2D eigenvalue weighted by Gasteiger charge is 2.14. The molecule has 0 aliphatic heterocycles. The summed E-state index contributed by atoms with van der Waals surface area (Å²) < 4.78 is 11.3. The second kappa shape index (κ2) is 10.9. The maximum absolute atomic E-state index is 12.2. The monoisotopic (exact) mass is 423 g/mol. The number of halogens is 1. The summed E-state index contributed by atoms with van der Waals surface area (Å²) in [4.78, 5) is 12.2.